The molecule has 2 bridgehead atoms. The van der Waals surface area contributed by atoms with Crippen molar-refractivity contribution in [2.24, 2.45) is 28.8 Å². The molecule has 5 rings (SSSR count). The van der Waals surface area contributed by atoms with Gasteiger partial charge in [-0.3, -0.25) is 5.01 Å². The number of rotatable bonds is 0. The van der Waals surface area contributed by atoms with Crippen LogP contribution in [-0.4, -0.2) is 16.8 Å². The fourth-order valence-corrected chi connectivity index (χ4v) is 5.75. The second kappa shape index (κ2) is 3.90. The average Bonchev–Trinajstić information content (AvgIpc) is 3.25. The minimum atomic E-state index is -1.08. The number of nitrogens with zero attached hydrogens (tertiary/aromatic N) is 4. The van der Waals surface area contributed by atoms with Gasteiger partial charge in [0, 0.05) is 5.92 Å². The molecule has 0 unspecified atom stereocenters. The van der Waals surface area contributed by atoms with Crippen molar-refractivity contribution in [2.45, 2.75) is 30.8 Å². The van der Waals surface area contributed by atoms with Crippen molar-refractivity contribution in [1.82, 2.24) is 5.01 Å². The predicted molar refractivity (Wildman–Crippen MR) is 80.4 cm³/mol. The first kappa shape index (κ1) is 12.2. The Morgan fingerprint density at radius 3 is 2.73 bits per heavy atom. The van der Waals surface area contributed by atoms with Gasteiger partial charge in [-0.15, -0.1) is 0 Å². The number of nitriles is 2. The van der Waals surface area contributed by atoms with Crippen molar-refractivity contribution >= 4 is 6.21 Å². The molecule has 2 heterocycles. The summed E-state index contributed by atoms with van der Waals surface area (Å²) in [6.07, 6.45) is 5.42. The van der Waals surface area contributed by atoms with Crippen LogP contribution >= 0.6 is 0 Å². The molecule has 4 nitrogen and oxygen atoms in total. The second-order valence-corrected chi connectivity index (χ2v) is 7.09. The van der Waals surface area contributed by atoms with E-state index in [2.05, 4.69) is 35.4 Å². The van der Waals surface area contributed by atoms with E-state index in [1.165, 1.54) is 24.8 Å². The van der Waals surface area contributed by atoms with Gasteiger partial charge in [0.2, 0.25) is 5.54 Å². The maximum absolute atomic E-state index is 9.89. The summed E-state index contributed by atoms with van der Waals surface area (Å²) in [5.74, 6) is 1.71. The summed E-state index contributed by atoms with van der Waals surface area (Å²) in [6, 6.07) is 13.1. The number of hydrazone groups is 1. The molecule has 1 aromatic carbocycles. The van der Waals surface area contributed by atoms with Crippen molar-refractivity contribution in [2.75, 3.05) is 0 Å². The van der Waals surface area contributed by atoms with Crippen LogP contribution in [0.4, 0.5) is 0 Å². The minimum absolute atomic E-state index is 0.0980. The summed E-state index contributed by atoms with van der Waals surface area (Å²) in [4.78, 5) is 0. The number of benzene rings is 1. The molecule has 4 heteroatoms. The van der Waals surface area contributed by atoms with Gasteiger partial charge in [-0.2, -0.15) is 15.6 Å². The van der Waals surface area contributed by atoms with E-state index in [0.717, 1.165) is 5.56 Å². The van der Waals surface area contributed by atoms with Gasteiger partial charge in [0.05, 0.1) is 12.3 Å². The zero-order chi connectivity index (χ0) is 14.9. The lowest BCUT2D eigenvalue weighted by atomic mass is 9.70. The smallest absolute Gasteiger partial charge is 0.233 e. The largest absolute Gasteiger partial charge is 0.255 e. The number of hydrogen-bond acceptors (Lipinski definition) is 4. The van der Waals surface area contributed by atoms with Crippen molar-refractivity contribution in [3.05, 3.63) is 35.4 Å². The third-order valence-corrected chi connectivity index (χ3v) is 6.43. The van der Waals surface area contributed by atoms with E-state index in [0.29, 0.717) is 17.8 Å². The van der Waals surface area contributed by atoms with Crippen LogP contribution in [-0.2, 0) is 0 Å². The molecule has 0 radical (unpaired) electrons. The van der Waals surface area contributed by atoms with Gasteiger partial charge >= 0.3 is 0 Å². The Hall–Kier alpha value is -2.33. The van der Waals surface area contributed by atoms with E-state index in [1.54, 1.807) is 0 Å². The molecule has 1 aromatic rings. The fraction of sp³-hybridized carbons (Fsp3) is 0.500. The Morgan fingerprint density at radius 1 is 1.14 bits per heavy atom. The van der Waals surface area contributed by atoms with Crippen molar-refractivity contribution in [3.8, 4) is 12.1 Å². The lowest BCUT2D eigenvalue weighted by molar-refractivity contribution is 0.149. The van der Waals surface area contributed by atoms with Crippen LogP contribution in [0.5, 0.6) is 0 Å². The molecular formula is C18H16N4. The third kappa shape index (κ3) is 1.17. The highest BCUT2D eigenvalue weighted by molar-refractivity contribution is 5.83. The van der Waals surface area contributed by atoms with Gasteiger partial charge in [-0.25, -0.2) is 0 Å². The highest BCUT2D eigenvalue weighted by Gasteiger charge is 2.69. The van der Waals surface area contributed by atoms with Gasteiger partial charge < -0.3 is 0 Å². The Balaban J connectivity index is 1.75. The molecule has 108 valence electrons. The molecule has 0 N–H and O–H groups in total. The number of hydrogen-bond donors (Lipinski definition) is 0. The average molecular weight is 288 g/mol. The third-order valence-electron chi connectivity index (χ3n) is 6.43. The van der Waals surface area contributed by atoms with Gasteiger partial charge in [0.1, 0.15) is 12.1 Å². The lowest BCUT2D eigenvalue weighted by Crippen LogP contribution is -2.46. The van der Waals surface area contributed by atoms with Crippen LogP contribution < -0.4 is 0 Å². The summed E-state index contributed by atoms with van der Waals surface area (Å²) in [5, 5.41) is 26.2. The zero-order valence-corrected chi connectivity index (χ0v) is 12.2. The summed E-state index contributed by atoms with van der Waals surface area (Å²) in [5.41, 5.74) is 1.29. The minimum Gasteiger partial charge on any atom is -0.255 e. The molecule has 0 amide bonds. The summed E-state index contributed by atoms with van der Waals surface area (Å²) < 4.78 is 0. The van der Waals surface area contributed by atoms with E-state index in [-0.39, 0.29) is 12.0 Å². The Morgan fingerprint density at radius 2 is 1.91 bits per heavy atom. The summed E-state index contributed by atoms with van der Waals surface area (Å²) in [6.45, 7) is 0. The Kier molecular flexibility index (Phi) is 2.17. The molecule has 4 aliphatic rings. The molecule has 2 aliphatic heterocycles. The molecule has 2 aliphatic carbocycles. The molecule has 2 saturated carbocycles. The van der Waals surface area contributed by atoms with Gasteiger partial charge in [-0.05, 0) is 48.1 Å². The molecular weight excluding hydrogens is 272 g/mol. The van der Waals surface area contributed by atoms with E-state index in [4.69, 9.17) is 0 Å². The lowest BCUT2D eigenvalue weighted by Gasteiger charge is -2.35. The quantitative estimate of drug-likeness (QED) is 0.737. The van der Waals surface area contributed by atoms with E-state index in [9.17, 15) is 10.5 Å². The zero-order valence-electron chi connectivity index (χ0n) is 12.2. The van der Waals surface area contributed by atoms with E-state index in [1.807, 2.05) is 17.3 Å². The van der Waals surface area contributed by atoms with E-state index < -0.39 is 5.54 Å². The van der Waals surface area contributed by atoms with Crippen LogP contribution in [0.3, 0.4) is 0 Å². The maximum atomic E-state index is 9.89. The predicted octanol–water partition coefficient (Wildman–Crippen LogP) is 2.84. The van der Waals surface area contributed by atoms with Gasteiger partial charge in [0.15, 0.2) is 0 Å². The normalized spacial score (nSPS) is 38.8. The van der Waals surface area contributed by atoms with Crippen molar-refractivity contribution < 1.29 is 0 Å². The second-order valence-electron chi connectivity index (χ2n) is 7.09. The topological polar surface area (TPSA) is 63.2 Å². The fourth-order valence-electron chi connectivity index (χ4n) is 5.75. The van der Waals surface area contributed by atoms with Crippen LogP contribution in [0.2, 0.25) is 0 Å². The van der Waals surface area contributed by atoms with Crippen LogP contribution in [0.25, 0.3) is 0 Å². The van der Waals surface area contributed by atoms with E-state index >= 15 is 0 Å². The summed E-state index contributed by atoms with van der Waals surface area (Å²) >= 11 is 0. The van der Waals surface area contributed by atoms with Crippen molar-refractivity contribution in [3.63, 3.8) is 0 Å². The molecule has 0 spiro atoms. The Bertz CT molecular complexity index is 754. The monoisotopic (exact) mass is 288 g/mol. The molecule has 0 aromatic heterocycles. The first-order chi connectivity index (χ1) is 10.8. The molecule has 22 heavy (non-hydrogen) atoms. The molecule has 3 fully saturated rings. The van der Waals surface area contributed by atoms with Gasteiger partial charge in [-0.1, -0.05) is 24.3 Å². The summed E-state index contributed by atoms with van der Waals surface area (Å²) in [7, 11) is 0. The molecule has 5 atom stereocenters. The van der Waals surface area contributed by atoms with Crippen LogP contribution in [0.15, 0.2) is 29.4 Å². The standard InChI is InChI=1S/C18H16N4/c19-9-18(10-20)16-12-6-5-11(7-12)15(16)17-14-4-2-1-3-13(14)8-21-22(17)18/h1-4,8,11-12,15-17H,5-7H2/t11-,12+,15+,16-,17-/m0/s1. The SMILES string of the molecule is N#CC1(C#N)[C@H]2[C@@H]3CC[C@@H](C3)[C@H]2[C@@H]2c3ccccc3C=NN21. The first-order valence-electron chi connectivity index (χ1n) is 8.05. The van der Waals surface area contributed by atoms with Crippen molar-refractivity contribution in [1.29, 1.82) is 10.5 Å². The highest BCUT2D eigenvalue weighted by Crippen LogP contribution is 2.67. The highest BCUT2D eigenvalue weighted by atomic mass is 15.5. The van der Waals surface area contributed by atoms with Crippen LogP contribution in [0.1, 0.15) is 36.4 Å². The maximum Gasteiger partial charge on any atom is 0.233 e. The number of fused-ring (bicyclic) bond motifs is 9. The molecule has 1 saturated heterocycles. The first-order valence-corrected chi connectivity index (χ1v) is 8.05. The van der Waals surface area contributed by atoms with Gasteiger partial charge in [0.25, 0.3) is 0 Å². The van der Waals surface area contributed by atoms with Crippen LogP contribution in [0, 0.1) is 46.3 Å². The Labute approximate surface area is 129 Å².